The lowest BCUT2D eigenvalue weighted by molar-refractivity contribution is 0.108. The minimum absolute atomic E-state index is 0.227. The van der Waals surface area contributed by atoms with Gasteiger partial charge in [0.1, 0.15) is 0 Å². The van der Waals surface area contributed by atoms with E-state index in [1.165, 1.54) is 11.1 Å². The van der Waals surface area contributed by atoms with E-state index in [4.69, 9.17) is 5.73 Å². The van der Waals surface area contributed by atoms with Gasteiger partial charge in [0, 0.05) is 0 Å². The molecule has 82 valence electrons. The number of aryl methyl sites for hydroxylation is 1. The lowest BCUT2D eigenvalue weighted by Gasteiger charge is -2.16. The maximum absolute atomic E-state index is 12.3. The van der Waals surface area contributed by atoms with Crippen LogP contribution in [0.5, 0.6) is 0 Å². The van der Waals surface area contributed by atoms with Gasteiger partial charge in [0.15, 0.2) is 0 Å². The van der Waals surface area contributed by atoms with Crippen LogP contribution in [0.3, 0.4) is 0 Å². The molecule has 0 bridgehead atoms. The molecule has 2 atom stereocenters. The smallest absolute Gasteiger partial charge is 0.253 e. The van der Waals surface area contributed by atoms with Gasteiger partial charge in [-0.3, -0.25) is 0 Å². The summed E-state index contributed by atoms with van der Waals surface area (Å²) < 4.78 is 24.7. The fraction of sp³-hybridized carbons (Fsp3) is 0.500. The highest BCUT2D eigenvalue weighted by atomic mass is 19.3. The van der Waals surface area contributed by atoms with Crippen molar-refractivity contribution in [2.24, 2.45) is 5.73 Å². The Labute approximate surface area is 88.3 Å². The topological polar surface area (TPSA) is 26.0 Å². The van der Waals surface area contributed by atoms with E-state index in [1.54, 1.807) is 0 Å². The fourth-order valence-corrected chi connectivity index (χ4v) is 2.32. The summed E-state index contributed by atoms with van der Waals surface area (Å²) in [6.07, 6.45) is -0.0524. The Kier molecular flexibility index (Phi) is 3.00. The van der Waals surface area contributed by atoms with Crippen molar-refractivity contribution >= 4 is 0 Å². The SMILES string of the molecule is NC(CC1CCc2ccccc21)C(F)F. The summed E-state index contributed by atoms with van der Waals surface area (Å²) in [6.45, 7) is 0. The predicted molar refractivity (Wildman–Crippen MR) is 56.1 cm³/mol. The van der Waals surface area contributed by atoms with Crippen LogP contribution in [0.2, 0.25) is 0 Å². The quantitative estimate of drug-likeness (QED) is 0.817. The van der Waals surface area contributed by atoms with Crippen molar-refractivity contribution in [1.29, 1.82) is 0 Å². The average molecular weight is 211 g/mol. The maximum Gasteiger partial charge on any atom is 0.253 e. The zero-order valence-corrected chi connectivity index (χ0v) is 8.50. The van der Waals surface area contributed by atoms with E-state index >= 15 is 0 Å². The lowest BCUT2D eigenvalue weighted by atomic mass is 9.94. The molecule has 0 heterocycles. The van der Waals surface area contributed by atoms with Gasteiger partial charge in [0.2, 0.25) is 0 Å². The highest BCUT2D eigenvalue weighted by Crippen LogP contribution is 2.36. The second-order valence-electron chi connectivity index (χ2n) is 4.17. The summed E-state index contributed by atoms with van der Waals surface area (Å²) >= 11 is 0. The van der Waals surface area contributed by atoms with Crippen molar-refractivity contribution in [3.05, 3.63) is 35.4 Å². The van der Waals surface area contributed by atoms with Gasteiger partial charge in [-0.25, -0.2) is 8.78 Å². The van der Waals surface area contributed by atoms with Crippen LogP contribution in [-0.4, -0.2) is 12.5 Å². The van der Waals surface area contributed by atoms with E-state index in [1.807, 2.05) is 18.2 Å². The first-order valence-electron chi connectivity index (χ1n) is 5.30. The minimum atomic E-state index is -2.40. The van der Waals surface area contributed by atoms with Crippen molar-refractivity contribution in [3.63, 3.8) is 0 Å². The molecule has 0 saturated carbocycles. The molecule has 2 rings (SSSR count). The zero-order chi connectivity index (χ0) is 10.8. The molecule has 15 heavy (non-hydrogen) atoms. The highest BCUT2D eigenvalue weighted by Gasteiger charge is 2.26. The maximum atomic E-state index is 12.3. The van der Waals surface area contributed by atoms with E-state index < -0.39 is 12.5 Å². The molecule has 0 spiro atoms. The molecule has 0 amide bonds. The Bertz CT molecular complexity index is 338. The van der Waals surface area contributed by atoms with Crippen LogP contribution in [0.4, 0.5) is 8.78 Å². The van der Waals surface area contributed by atoms with Crippen LogP contribution in [0.1, 0.15) is 29.9 Å². The summed E-state index contributed by atoms with van der Waals surface area (Å²) in [5.41, 5.74) is 7.92. The molecule has 0 aromatic heterocycles. The normalized spacial score (nSPS) is 21.7. The van der Waals surface area contributed by atoms with Gasteiger partial charge in [0.25, 0.3) is 6.43 Å². The van der Waals surface area contributed by atoms with Gasteiger partial charge in [-0.05, 0) is 36.3 Å². The van der Waals surface area contributed by atoms with Crippen molar-refractivity contribution in [2.75, 3.05) is 0 Å². The Morgan fingerprint density at radius 1 is 1.33 bits per heavy atom. The number of rotatable bonds is 3. The third-order valence-electron chi connectivity index (χ3n) is 3.14. The first-order valence-corrected chi connectivity index (χ1v) is 5.30. The number of benzene rings is 1. The Hall–Kier alpha value is -0.960. The number of fused-ring (bicyclic) bond motifs is 1. The van der Waals surface area contributed by atoms with E-state index in [2.05, 4.69) is 6.07 Å². The third-order valence-corrected chi connectivity index (χ3v) is 3.14. The minimum Gasteiger partial charge on any atom is -0.323 e. The largest absolute Gasteiger partial charge is 0.323 e. The molecule has 2 unspecified atom stereocenters. The molecule has 0 fully saturated rings. The van der Waals surface area contributed by atoms with Gasteiger partial charge in [0.05, 0.1) is 6.04 Å². The van der Waals surface area contributed by atoms with Crippen LogP contribution in [0, 0.1) is 0 Å². The second kappa shape index (κ2) is 4.27. The standard InChI is InChI=1S/C12H15F2N/c13-12(14)11(15)7-9-6-5-8-3-1-2-4-10(8)9/h1-4,9,11-12H,5-7,15H2. The van der Waals surface area contributed by atoms with Crippen LogP contribution >= 0.6 is 0 Å². The number of nitrogens with two attached hydrogens (primary N) is 1. The van der Waals surface area contributed by atoms with Crippen molar-refractivity contribution < 1.29 is 8.78 Å². The third kappa shape index (κ3) is 2.17. The van der Waals surface area contributed by atoms with Gasteiger partial charge in [-0.15, -0.1) is 0 Å². The molecular formula is C12H15F2N. The van der Waals surface area contributed by atoms with Crippen molar-refractivity contribution in [2.45, 2.75) is 37.6 Å². The van der Waals surface area contributed by atoms with E-state index in [-0.39, 0.29) is 5.92 Å². The number of alkyl halides is 2. The zero-order valence-electron chi connectivity index (χ0n) is 8.50. The summed E-state index contributed by atoms with van der Waals surface area (Å²) in [5, 5.41) is 0. The summed E-state index contributed by atoms with van der Waals surface area (Å²) in [5.74, 6) is 0.227. The summed E-state index contributed by atoms with van der Waals surface area (Å²) in [6, 6.07) is 7.08. The number of halogens is 2. The van der Waals surface area contributed by atoms with E-state index in [9.17, 15) is 8.78 Å². The molecule has 0 saturated heterocycles. The Balaban J connectivity index is 2.08. The van der Waals surface area contributed by atoms with Crippen molar-refractivity contribution in [1.82, 2.24) is 0 Å². The molecule has 1 nitrogen and oxygen atoms in total. The molecule has 2 N–H and O–H groups in total. The molecule has 1 aromatic carbocycles. The van der Waals surface area contributed by atoms with Crippen LogP contribution in [0.15, 0.2) is 24.3 Å². The first kappa shape index (κ1) is 10.6. The number of hydrogen-bond acceptors (Lipinski definition) is 1. The van der Waals surface area contributed by atoms with Gasteiger partial charge in [-0.2, -0.15) is 0 Å². The molecule has 1 aliphatic carbocycles. The van der Waals surface area contributed by atoms with E-state index in [0.29, 0.717) is 6.42 Å². The predicted octanol–water partition coefficient (Wildman–Crippen LogP) is 2.70. The molecule has 3 heteroatoms. The monoisotopic (exact) mass is 211 g/mol. The Morgan fingerprint density at radius 3 is 2.80 bits per heavy atom. The number of hydrogen-bond donors (Lipinski definition) is 1. The summed E-state index contributed by atoms with van der Waals surface area (Å²) in [7, 11) is 0. The van der Waals surface area contributed by atoms with Crippen LogP contribution in [0.25, 0.3) is 0 Å². The molecule has 1 aliphatic rings. The van der Waals surface area contributed by atoms with Crippen LogP contribution < -0.4 is 5.73 Å². The second-order valence-corrected chi connectivity index (χ2v) is 4.17. The first-order chi connectivity index (χ1) is 7.18. The van der Waals surface area contributed by atoms with Crippen molar-refractivity contribution in [3.8, 4) is 0 Å². The summed E-state index contributed by atoms with van der Waals surface area (Å²) in [4.78, 5) is 0. The van der Waals surface area contributed by atoms with Gasteiger partial charge in [-0.1, -0.05) is 24.3 Å². The molecule has 1 aromatic rings. The molecule has 0 radical (unpaired) electrons. The molecule has 0 aliphatic heterocycles. The molecular weight excluding hydrogens is 196 g/mol. The Morgan fingerprint density at radius 2 is 2.07 bits per heavy atom. The average Bonchev–Trinajstić information content (AvgIpc) is 2.62. The van der Waals surface area contributed by atoms with Gasteiger partial charge >= 0.3 is 0 Å². The van der Waals surface area contributed by atoms with Gasteiger partial charge < -0.3 is 5.73 Å². The fourth-order valence-electron chi connectivity index (χ4n) is 2.32. The van der Waals surface area contributed by atoms with Crippen LogP contribution in [-0.2, 0) is 6.42 Å². The van der Waals surface area contributed by atoms with E-state index in [0.717, 1.165) is 12.8 Å². The highest BCUT2D eigenvalue weighted by molar-refractivity contribution is 5.34. The lowest BCUT2D eigenvalue weighted by Crippen LogP contribution is -2.30.